The van der Waals surface area contributed by atoms with Crippen LogP contribution in [0.1, 0.15) is 20.8 Å². The minimum Gasteiger partial charge on any atom is -0.461 e. The second-order valence-corrected chi connectivity index (χ2v) is 2.62. The van der Waals surface area contributed by atoms with Crippen molar-refractivity contribution in [1.82, 2.24) is 0 Å². The van der Waals surface area contributed by atoms with Crippen molar-refractivity contribution in [3.63, 3.8) is 0 Å². The van der Waals surface area contributed by atoms with Gasteiger partial charge in [0.05, 0.1) is 12.7 Å². The lowest BCUT2D eigenvalue weighted by Gasteiger charge is -2.06. The molecular weight excluding hydrogens is 156 g/mol. The van der Waals surface area contributed by atoms with Gasteiger partial charge in [-0.3, -0.25) is 0 Å². The van der Waals surface area contributed by atoms with Crippen molar-refractivity contribution in [2.24, 2.45) is 0 Å². The Morgan fingerprint density at radius 1 is 1.50 bits per heavy atom. The van der Waals surface area contributed by atoms with E-state index >= 15 is 0 Å². The molecular formula is C9H16O3. The molecule has 0 spiro atoms. The zero-order valence-corrected chi connectivity index (χ0v) is 7.87. The minimum atomic E-state index is -0.311. The smallest absolute Gasteiger partial charge is 0.332 e. The van der Waals surface area contributed by atoms with E-state index in [2.05, 4.69) is 0 Å². The number of ether oxygens (including phenoxy) is 2. The fourth-order valence-corrected chi connectivity index (χ4v) is 0.603. The molecule has 0 aliphatic carbocycles. The Labute approximate surface area is 73.4 Å². The average Bonchev–Trinajstić information content (AvgIpc) is 1.97. The zero-order valence-electron chi connectivity index (χ0n) is 7.87. The van der Waals surface area contributed by atoms with Crippen LogP contribution >= 0.6 is 0 Å². The van der Waals surface area contributed by atoms with E-state index in [4.69, 9.17) is 9.47 Å². The Morgan fingerprint density at radius 3 is 2.67 bits per heavy atom. The first-order valence-electron chi connectivity index (χ1n) is 4.05. The molecule has 12 heavy (non-hydrogen) atoms. The first-order valence-corrected chi connectivity index (χ1v) is 4.05. The largest absolute Gasteiger partial charge is 0.461 e. The second-order valence-electron chi connectivity index (χ2n) is 2.62. The van der Waals surface area contributed by atoms with Gasteiger partial charge in [-0.05, 0) is 20.8 Å². The topological polar surface area (TPSA) is 35.5 Å². The third-order valence-corrected chi connectivity index (χ3v) is 1.04. The van der Waals surface area contributed by atoms with Crippen molar-refractivity contribution in [1.29, 1.82) is 0 Å². The van der Waals surface area contributed by atoms with Crippen LogP contribution in [-0.4, -0.2) is 25.3 Å². The van der Waals surface area contributed by atoms with Crippen LogP contribution in [0.15, 0.2) is 12.2 Å². The van der Waals surface area contributed by atoms with Gasteiger partial charge in [0.1, 0.15) is 6.61 Å². The lowest BCUT2D eigenvalue weighted by molar-refractivity contribution is -0.152. The van der Waals surface area contributed by atoms with E-state index < -0.39 is 0 Å². The summed E-state index contributed by atoms with van der Waals surface area (Å²) in [6.45, 7) is 6.01. The van der Waals surface area contributed by atoms with E-state index in [0.29, 0.717) is 6.61 Å². The van der Waals surface area contributed by atoms with E-state index in [9.17, 15) is 4.79 Å². The summed E-state index contributed by atoms with van der Waals surface area (Å²) < 4.78 is 9.82. The zero-order chi connectivity index (χ0) is 9.40. The van der Waals surface area contributed by atoms with E-state index in [1.54, 1.807) is 0 Å². The van der Waals surface area contributed by atoms with Crippen molar-refractivity contribution >= 4 is 5.97 Å². The van der Waals surface area contributed by atoms with E-state index in [-0.39, 0.29) is 18.7 Å². The average molecular weight is 172 g/mol. The number of carbonyl (C=O) groups is 1. The first kappa shape index (κ1) is 11.2. The standard InChI is InChI=1S/C9H16O3/c1-4-5-6-11-7-9(10)12-8(2)3/h4-5,8H,6-7H2,1-3H3/b5-4+. The number of hydrogen-bond donors (Lipinski definition) is 0. The molecule has 0 aliphatic heterocycles. The van der Waals surface area contributed by atoms with E-state index in [0.717, 1.165) is 0 Å². The molecule has 0 aromatic heterocycles. The Hall–Kier alpha value is -0.830. The predicted octanol–water partition coefficient (Wildman–Crippen LogP) is 1.53. The monoisotopic (exact) mass is 172 g/mol. The Morgan fingerprint density at radius 2 is 2.17 bits per heavy atom. The van der Waals surface area contributed by atoms with Crippen molar-refractivity contribution in [3.8, 4) is 0 Å². The minimum absolute atomic E-state index is 0.0303. The first-order chi connectivity index (χ1) is 5.66. The molecule has 0 fully saturated rings. The summed E-state index contributed by atoms with van der Waals surface area (Å²) in [4.78, 5) is 10.8. The lowest BCUT2D eigenvalue weighted by Crippen LogP contribution is -2.16. The van der Waals surface area contributed by atoms with Crippen LogP contribution < -0.4 is 0 Å². The highest BCUT2D eigenvalue weighted by atomic mass is 16.6. The van der Waals surface area contributed by atoms with E-state index in [1.165, 1.54) is 0 Å². The summed E-state index contributed by atoms with van der Waals surface area (Å²) in [5.41, 5.74) is 0. The highest BCUT2D eigenvalue weighted by molar-refractivity contribution is 5.70. The Balaban J connectivity index is 3.32. The van der Waals surface area contributed by atoms with Gasteiger partial charge in [-0.25, -0.2) is 4.79 Å². The molecule has 0 atom stereocenters. The molecule has 0 bridgehead atoms. The third kappa shape index (κ3) is 7.28. The predicted molar refractivity (Wildman–Crippen MR) is 46.9 cm³/mol. The van der Waals surface area contributed by atoms with Crippen molar-refractivity contribution < 1.29 is 14.3 Å². The van der Waals surface area contributed by atoms with Crippen LogP contribution in [0, 0.1) is 0 Å². The molecule has 0 aromatic rings. The molecule has 0 heterocycles. The maximum absolute atomic E-state index is 10.8. The van der Waals surface area contributed by atoms with Crippen molar-refractivity contribution in [2.75, 3.05) is 13.2 Å². The molecule has 0 radical (unpaired) electrons. The normalized spacial score (nSPS) is 11.0. The third-order valence-electron chi connectivity index (χ3n) is 1.04. The summed E-state index contributed by atoms with van der Waals surface area (Å²) in [6, 6.07) is 0. The van der Waals surface area contributed by atoms with Crippen molar-refractivity contribution in [3.05, 3.63) is 12.2 Å². The van der Waals surface area contributed by atoms with E-state index in [1.807, 2.05) is 32.9 Å². The highest BCUT2D eigenvalue weighted by Crippen LogP contribution is 1.89. The number of rotatable bonds is 5. The summed E-state index contributed by atoms with van der Waals surface area (Å²) in [7, 11) is 0. The summed E-state index contributed by atoms with van der Waals surface area (Å²) in [5, 5.41) is 0. The van der Waals surface area contributed by atoms with Crippen LogP contribution in [0.2, 0.25) is 0 Å². The highest BCUT2D eigenvalue weighted by Gasteiger charge is 2.03. The lowest BCUT2D eigenvalue weighted by atomic mass is 10.5. The molecule has 0 unspecified atom stereocenters. The molecule has 0 N–H and O–H groups in total. The summed E-state index contributed by atoms with van der Waals surface area (Å²) >= 11 is 0. The molecule has 70 valence electrons. The number of allylic oxidation sites excluding steroid dienone is 1. The maximum Gasteiger partial charge on any atom is 0.332 e. The summed E-state index contributed by atoms with van der Waals surface area (Å²) in [6.07, 6.45) is 3.64. The Bertz CT molecular complexity index is 150. The fourth-order valence-electron chi connectivity index (χ4n) is 0.603. The summed E-state index contributed by atoms with van der Waals surface area (Å²) in [5.74, 6) is -0.311. The fraction of sp³-hybridized carbons (Fsp3) is 0.667. The number of esters is 1. The molecule has 0 aromatic carbocycles. The molecule has 3 heteroatoms. The van der Waals surface area contributed by atoms with Gasteiger partial charge in [0.2, 0.25) is 0 Å². The number of carbonyl (C=O) groups excluding carboxylic acids is 1. The van der Waals surface area contributed by atoms with Gasteiger partial charge in [0.15, 0.2) is 0 Å². The number of hydrogen-bond acceptors (Lipinski definition) is 3. The molecule has 0 rings (SSSR count). The van der Waals surface area contributed by atoms with Crippen LogP contribution in [-0.2, 0) is 14.3 Å². The Kier molecular flexibility index (Phi) is 6.38. The van der Waals surface area contributed by atoms with Crippen LogP contribution in [0.3, 0.4) is 0 Å². The van der Waals surface area contributed by atoms with Crippen LogP contribution in [0.25, 0.3) is 0 Å². The molecule has 0 saturated carbocycles. The van der Waals surface area contributed by atoms with Gasteiger partial charge in [0, 0.05) is 0 Å². The van der Waals surface area contributed by atoms with Gasteiger partial charge < -0.3 is 9.47 Å². The van der Waals surface area contributed by atoms with Crippen LogP contribution in [0.4, 0.5) is 0 Å². The van der Waals surface area contributed by atoms with Crippen LogP contribution in [0.5, 0.6) is 0 Å². The van der Waals surface area contributed by atoms with Gasteiger partial charge >= 0.3 is 5.97 Å². The van der Waals surface area contributed by atoms with Crippen molar-refractivity contribution in [2.45, 2.75) is 26.9 Å². The molecule has 0 saturated heterocycles. The maximum atomic E-state index is 10.8. The van der Waals surface area contributed by atoms with Gasteiger partial charge in [-0.15, -0.1) is 0 Å². The second kappa shape index (κ2) is 6.85. The quantitative estimate of drug-likeness (QED) is 0.358. The van der Waals surface area contributed by atoms with Gasteiger partial charge in [0.25, 0.3) is 0 Å². The molecule has 0 amide bonds. The molecule has 0 aliphatic rings. The SMILES string of the molecule is C/C=C/COCC(=O)OC(C)C. The van der Waals surface area contributed by atoms with Gasteiger partial charge in [-0.1, -0.05) is 12.2 Å². The molecule has 3 nitrogen and oxygen atoms in total. The van der Waals surface area contributed by atoms with Gasteiger partial charge in [-0.2, -0.15) is 0 Å².